The Hall–Kier alpha value is -1.92. The highest BCUT2D eigenvalue weighted by atomic mass is 16.5. The molecule has 1 N–H and O–H groups in total. The molecule has 1 aromatic rings. The maximum Gasteiger partial charge on any atom is 0.266 e. The van der Waals surface area contributed by atoms with E-state index in [2.05, 4.69) is 21.8 Å². The summed E-state index contributed by atoms with van der Waals surface area (Å²) < 4.78 is 6.26. The number of aryl methyl sites for hydroxylation is 1. The van der Waals surface area contributed by atoms with Crippen molar-refractivity contribution in [2.45, 2.75) is 25.4 Å². The number of amides is 1. The molecule has 2 aliphatic rings. The van der Waals surface area contributed by atoms with Gasteiger partial charge in [0, 0.05) is 51.3 Å². The van der Waals surface area contributed by atoms with Gasteiger partial charge in [-0.25, -0.2) is 0 Å². The van der Waals surface area contributed by atoms with Crippen LogP contribution in [0.2, 0.25) is 0 Å². The van der Waals surface area contributed by atoms with Crippen molar-refractivity contribution < 1.29 is 9.53 Å². The fourth-order valence-electron chi connectivity index (χ4n) is 3.53. The van der Waals surface area contributed by atoms with Crippen molar-refractivity contribution in [1.29, 1.82) is 0 Å². The molecule has 1 aromatic heterocycles. The summed E-state index contributed by atoms with van der Waals surface area (Å²) in [6, 6.07) is 3.82. The van der Waals surface area contributed by atoms with Gasteiger partial charge < -0.3 is 15.0 Å². The second-order valence-electron chi connectivity index (χ2n) is 6.86. The van der Waals surface area contributed by atoms with Crippen molar-refractivity contribution in [1.82, 2.24) is 20.1 Å². The van der Waals surface area contributed by atoms with Gasteiger partial charge in [0.25, 0.3) is 5.91 Å². The van der Waals surface area contributed by atoms with E-state index in [1.54, 1.807) is 6.20 Å². The molecule has 6 nitrogen and oxygen atoms in total. The molecule has 2 saturated heterocycles. The molecule has 0 bridgehead atoms. The van der Waals surface area contributed by atoms with E-state index >= 15 is 0 Å². The first kappa shape index (κ1) is 17.9. The van der Waals surface area contributed by atoms with Crippen LogP contribution >= 0.6 is 0 Å². The molecule has 2 aliphatic heterocycles. The molecule has 0 radical (unpaired) electrons. The topological polar surface area (TPSA) is 57.7 Å². The lowest BCUT2D eigenvalue weighted by molar-refractivity contribution is -0.152. The Morgan fingerprint density at radius 1 is 1.32 bits per heavy atom. The predicted molar refractivity (Wildman–Crippen MR) is 97.7 cm³/mol. The molecule has 0 atom stereocenters. The first-order valence-corrected chi connectivity index (χ1v) is 9.08. The van der Waals surface area contributed by atoms with E-state index in [1.807, 2.05) is 30.0 Å². The van der Waals surface area contributed by atoms with Gasteiger partial charge in [-0.3, -0.25) is 14.7 Å². The maximum atomic E-state index is 13.3. The molecule has 25 heavy (non-hydrogen) atoms. The quantitative estimate of drug-likeness (QED) is 0.814. The summed E-state index contributed by atoms with van der Waals surface area (Å²) >= 11 is 0. The molecule has 6 heteroatoms. The number of pyridine rings is 1. The number of piperidine rings is 1. The number of carbonyl (C=O) groups is 1. The van der Waals surface area contributed by atoms with Crippen LogP contribution in [-0.2, 0) is 4.79 Å². The molecule has 1 amide bonds. The molecule has 2 fully saturated rings. The number of ether oxygens (including phenoxy) is 1. The highest BCUT2D eigenvalue weighted by Gasteiger charge is 2.45. The Balaban J connectivity index is 1.72. The number of rotatable bonds is 5. The van der Waals surface area contributed by atoms with Gasteiger partial charge in [-0.1, -0.05) is 6.08 Å². The number of hydrogen-bond donors (Lipinski definition) is 1. The number of aromatic nitrogens is 1. The van der Waals surface area contributed by atoms with Gasteiger partial charge in [-0.05, 0) is 32.1 Å². The summed E-state index contributed by atoms with van der Waals surface area (Å²) in [5, 5.41) is 3.33. The van der Waals surface area contributed by atoms with E-state index < -0.39 is 5.60 Å². The van der Waals surface area contributed by atoms with E-state index in [1.165, 1.54) is 0 Å². The third-order valence-corrected chi connectivity index (χ3v) is 5.05. The zero-order valence-electron chi connectivity index (χ0n) is 15.0. The van der Waals surface area contributed by atoms with Gasteiger partial charge in [0.15, 0.2) is 5.60 Å². The molecule has 136 valence electrons. The Morgan fingerprint density at radius 2 is 2.04 bits per heavy atom. The molecule has 3 heterocycles. The minimum absolute atomic E-state index is 0.118. The Labute approximate surface area is 149 Å². The third-order valence-electron chi connectivity index (χ3n) is 5.05. The normalized spacial score (nSPS) is 20.9. The summed E-state index contributed by atoms with van der Waals surface area (Å²) in [5.74, 6) is 0.791. The summed E-state index contributed by atoms with van der Waals surface area (Å²) in [5.41, 5.74) is 0.166. The maximum absolute atomic E-state index is 13.3. The van der Waals surface area contributed by atoms with Crippen molar-refractivity contribution in [3.63, 3.8) is 0 Å². The second kappa shape index (κ2) is 7.97. The Bertz CT molecular complexity index is 588. The van der Waals surface area contributed by atoms with Crippen LogP contribution in [0.3, 0.4) is 0 Å². The highest BCUT2D eigenvalue weighted by Crippen LogP contribution is 2.29. The van der Waals surface area contributed by atoms with Crippen LogP contribution in [0.15, 0.2) is 31.0 Å². The van der Waals surface area contributed by atoms with Gasteiger partial charge in [0.05, 0.1) is 6.20 Å². The largest absolute Gasteiger partial charge is 0.476 e. The van der Waals surface area contributed by atoms with Crippen LogP contribution in [0.1, 0.15) is 18.5 Å². The molecule has 0 unspecified atom stereocenters. The second-order valence-corrected chi connectivity index (χ2v) is 6.86. The predicted octanol–water partition coefficient (Wildman–Crippen LogP) is 1.22. The number of nitrogens with zero attached hydrogens (tertiary/aromatic N) is 3. The zero-order chi connectivity index (χ0) is 17.7. The number of nitrogens with one attached hydrogen (secondary N) is 1. The van der Waals surface area contributed by atoms with Crippen LogP contribution < -0.4 is 10.1 Å². The van der Waals surface area contributed by atoms with Crippen molar-refractivity contribution in [2.75, 3.05) is 45.8 Å². The molecule has 0 spiro atoms. The number of piperazine rings is 1. The zero-order valence-corrected chi connectivity index (χ0v) is 15.0. The fraction of sp³-hybridized carbons (Fsp3) is 0.579. The van der Waals surface area contributed by atoms with Crippen LogP contribution in [0.4, 0.5) is 0 Å². The monoisotopic (exact) mass is 344 g/mol. The van der Waals surface area contributed by atoms with Crippen LogP contribution in [0.25, 0.3) is 0 Å². The van der Waals surface area contributed by atoms with Gasteiger partial charge in [0.2, 0.25) is 0 Å². The van der Waals surface area contributed by atoms with Crippen LogP contribution in [0.5, 0.6) is 5.75 Å². The highest BCUT2D eigenvalue weighted by molar-refractivity contribution is 5.86. The van der Waals surface area contributed by atoms with E-state index in [4.69, 9.17) is 4.74 Å². The van der Waals surface area contributed by atoms with Crippen molar-refractivity contribution in [3.8, 4) is 5.75 Å². The van der Waals surface area contributed by atoms with E-state index in [0.717, 1.165) is 51.5 Å². The first-order chi connectivity index (χ1) is 12.1. The third kappa shape index (κ3) is 4.19. The summed E-state index contributed by atoms with van der Waals surface area (Å²) in [4.78, 5) is 21.9. The lowest BCUT2D eigenvalue weighted by Crippen LogP contribution is -2.60. The van der Waals surface area contributed by atoms with E-state index in [0.29, 0.717) is 18.6 Å². The van der Waals surface area contributed by atoms with Crippen LogP contribution in [0, 0.1) is 6.92 Å². The van der Waals surface area contributed by atoms with Crippen molar-refractivity contribution in [2.24, 2.45) is 0 Å². The number of hydrogen-bond acceptors (Lipinski definition) is 5. The summed E-state index contributed by atoms with van der Waals surface area (Å²) in [7, 11) is 0. The lowest BCUT2D eigenvalue weighted by atomic mass is 9.90. The average Bonchev–Trinajstić information content (AvgIpc) is 2.65. The smallest absolute Gasteiger partial charge is 0.266 e. The van der Waals surface area contributed by atoms with E-state index in [9.17, 15) is 4.79 Å². The molecule has 0 saturated carbocycles. The van der Waals surface area contributed by atoms with Gasteiger partial charge >= 0.3 is 0 Å². The van der Waals surface area contributed by atoms with Gasteiger partial charge in [-0.15, -0.1) is 6.58 Å². The standard InChI is InChI=1S/C19H28N4O2/c1-3-10-22-11-13-23(14-12-22)18(24)19(6-8-20-9-7-19)25-17-5-4-16(2)21-15-17/h3-5,15,20H,1,6-14H2,2H3. The Morgan fingerprint density at radius 3 is 2.64 bits per heavy atom. The average molecular weight is 344 g/mol. The fourth-order valence-corrected chi connectivity index (χ4v) is 3.53. The van der Waals surface area contributed by atoms with Crippen molar-refractivity contribution >= 4 is 5.91 Å². The lowest BCUT2D eigenvalue weighted by Gasteiger charge is -2.42. The van der Waals surface area contributed by atoms with E-state index in [-0.39, 0.29) is 5.91 Å². The van der Waals surface area contributed by atoms with Crippen LogP contribution in [-0.4, -0.2) is 72.1 Å². The molecule has 3 rings (SSSR count). The van der Waals surface area contributed by atoms with Gasteiger partial charge in [0.1, 0.15) is 5.75 Å². The molecular formula is C19H28N4O2. The minimum Gasteiger partial charge on any atom is -0.476 e. The van der Waals surface area contributed by atoms with Gasteiger partial charge in [-0.2, -0.15) is 0 Å². The molecule has 0 aliphatic carbocycles. The summed E-state index contributed by atoms with van der Waals surface area (Å²) in [6.07, 6.45) is 5.01. The molecular weight excluding hydrogens is 316 g/mol. The Kier molecular flexibility index (Phi) is 5.71. The molecule has 0 aromatic carbocycles. The number of carbonyl (C=O) groups excluding carboxylic acids is 1. The van der Waals surface area contributed by atoms with Crippen molar-refractivity contribution in [3.05, 3.63) is 36.7 Å². The first-order valence-electron chi connectivity index (χ1n) is 9.08. The minimum atomic E-state index is -0.775. The SMILES string of the molecule is C=CCN1CCN(C(=O)C2(Oc3ccc(C)nc3)CCNCC2)CC1. The summed E-state index contributed by atoms with van der Waals surface area (Å²) in [6.45, 7) is 11.5.